The number of hydrogen-bond acceptors (Lipinski definition) is 6. The van der Waals surface area contributed by atoms with Crippen LogP contribution in [0.5, 0.6) is 11.5 Å². The van der Waals surface area contributed by atoms with E-state index < -0.39 is 5.25 Å². The minimum absolute atomic E-state index is 0.184. The van der Waals surface area contributed by atoms with Crippen molar-refractivity contribution in [2.45, 2.75) is 17.2 Å². The van der Waals surface area contributed by atoms with Gasteiger partial charge in [0.1, 0.15) is 11.1 Å². The van der Waals surface area contributed by atoms with E-state index in [1.54, 1.807) is 27.2 Å². The monoisotopic (exact) mass is 573 g/mol. The van der Waals surface area contributed by atoms with Gasteiger partial charge in [-0.15, -0.1) is 0 Å². The zero-order chi connectivity index (χ0) is 26.4. The summed E-state index contributed by atoms with van der Waals surface area (Å²) in [4.78, 5) is 17.8. The molecule has 4 aromatic rings. The Morgan fingerprint density at radius 1 is 0.973 bits per heavy atom. The Bertz CT molecular complexity index is 1450. The van der Waals surface area contributed by atoms with Gasteiger partial charge in [-0.05, 0) is 55.0 Å². The van der Waals surface area contributed by atoms with Crippen LogP contribution in [-0.4, -0.2) is 30.4 Å². The van der Waals surface area contributed by atoms with Crippen LogP contribution in [0.3, 0.4) is 0 Å². The van der Waals surface area contributed by atoms with Crippen LogP contribution in [0.1, 0.15) is 12.5 Å². The highest BCUT2D eigenvalue weighted by molar-refractivity contribution is 9.10. The first-order valence-corrected chi connectivity index (χ1v) is 13.1. The number of nitrogens with one attached hydrogen (secondary N) is 1. The first-order chi connectivity index (χ1) is 17.9. The van der Waals surface area contributed by atoms with Gasteiger partial charge in [-0.3, -0.25) is 4.79 Å². The third-order valence-electron chi connectivity index (χ3n) is 5.63. The fourth-order valence-electron chi connectivity index (χ4n) is 3.70. The molecule has 0 saturated carbocycles. The van der Waals surface area contributed by atoms with Crippen LogP contribution in [0, 0.1) is 11.3 Å². The highest BCUT2D eigenvalue weighted by Gasteiger charge is 2.22. The molecule has 0 aliphatic heterocycles. The summed E-state index contributed by atoms with van der Waals surface area (Å²) in [5.74, 6) is 0.962. The summed E-state index contributed by atoms with van der Waals surface area (Å²) >= 11 is 4.65. The summed E-state index contributed by atoms with van der Waals surface area (Å²) in [5, 5.41) is 13.1. The molecule has 0 spiro atoms. The van der Waals surface area contributed by atoms with E-state index in [1.165, 1.54) is 11.8 Å². The number of ether oxygens (including phenoxy) is 2. The molecule has 0 bridgehead atoms. The summed E-state index contributed by atoms with van der Waals surface area (Å²) in [7, 11) is 3.15. The molecule has 186 valence electrons. The number of thioether (sulfide) groups is 1. The van der Waals surface area contributed by atoms with E-state index in [-0.39, 0.29) is 5.91 Å². The van der Waals surface area contributed by atoms with Crippen molar-refractivity contribution in [1.29, 1.82) is 5.26 Å². The second kappa shape index (κ2) is 12.0. The van der Waals surface area contributed by atoms with Crippen molar-refractivity contribution in [2.24, 2.45) is 0 Å². The van der Waals surface area contributed by atoms with Gasteiger partial charge in [-0.2, -0.15) is 5.26 Å². The van der Waals surface area contributed by atoms with Crippen LogP contribution in [0.4, 0.5) is 5.69 Å². The molecule has 1 heterocycles. The van der Waals surface area contributed by atoms with E-state index in [1.807, 2.05) is 72.8 Å². The van der Waals surface area contributed by atoms with Crippen molar-refractivity contribution < 1.29 is 14.3 Å². The first kappa shape index (κ1) is 26.3. The predicted molar refractivity (Wildman–Crippen MR) is 151 cm³/mol. The average molecular weight is 575 g/mol. The maximum absolute atomic E-state index is 13.0. The van der Waals surface area contributed by atoms with E-state index in [0.29, 0.717) is 39.0 Å². The van der Waals surface area contributed by atoms with Crippen molar-refractivity contribution in [3.63, 3.8) is 0 Å². The number of carbonyl (C=O) groups excluding carboxylic acids is 1. The van der Waals surface area contributed by atoms with Crippen molar-refractivity contribution in [3.05, 3.63) is 88.9 Å². The number of anilines is 1. The van der Waals surface area contributed by atoms with Gasteiger partial charge in [-0.25, -0.2) is 4.98 Å². The molecule has 6 nitrogen and oxygen atoms in total. The van der Waals surface area contributed by atoms with Crippen LogP contribution >= 0.6 is 27.7 Å². The van der Waals surface area contributed by atoms with E-state index in [0.717, 1.165) is 15.6 Å². The number of halogens is 1. The van der Waals surface area contributed by atoms with Gasteiger partial charge >= 0.3 is 0 Å². The Kier molecular flexibility index (Phi) is 8.49. The van der Waals surface area contributed by atoms with Crippen molar-refractivity contribution in [2.75, 3.05) is 19.5 Å². The SMILES string of the molecule is COc1ccc(-c2cc(-c3ccccc3)nc(S[C@@H](C)C(=O)Nc3ccc(Br)cc3)c2C#N)cc1OC. The topological polar surface area (TPSA) is 84.2 Å². The molecule has 4 rings (SSSR count). The molecule has 37 heavy (non-hydrogen) atoms. The lowest BCUT2D eigenvalue weighted by molar-refractivity contribution is -0.115. The van der Waals surface area contributed by atoms with E-state index >= 15 is 0 Å². The summed E-state index contributed by atoms with van der Waals surface area (Å²) in [6.45, 7) is 1.80. The lowest BCUT2D eigenvalue weighted by atomic mass is 9.99. The number of carbonyl (C=O) groups is 1. The van der Waals surface area contributed by atoms with Crippen LogP contribution in [0.15, 0.2) is 88.4 Å². The maximum Gasteiger partial charge on any atom is 0.237 e. The van der Waals surface area contributed by atoms with Gasteiger partial charge in [-0.1, -0.05) is 64.1 Å². The van der Waals surface area contributed by atoms with Gasteiger partial charge in [0, 0.05) is 21.3 Å². The molecule has 0 aliphatic carbocycles. The minimum atomic E-state index is -0.507. The summed E-state index contributed by atoms with van der Waals surface area (Å²) in [6.07, 6.45) is 0. The molecule has 0 unspecified atom stereocenters. The van der Waals surface area contributed by atoms with E-state index in [9.17, 15) is 10.1 Å². The first-order valence-electron chi connectivity index (χ1n) is 11.4. The summed E-state index contributed by atoms with van der Waals surface area (Å²) < 4.78 is 11.8. The average Bonchev–Trinajstić information content (AvgIpc) is 2.93. The summed E-state index contributed by atoms with van der Waals surface area (Å²) in [6, 6.07) is 26.8. The lowest BCUT2D eigenvalue weighted by Crippen LogP contribution is -2.22. The molecule has 1 N–H and O–H groups in total. The minimum Gasteiger partial charge on any atom is -0.493 e. The van der Waals surface area contributed by atoms with Crippen molar-refractivity contribution in [3.8, 4) is 40.0 Å². The van der Waals surface area contributed by atoms with Crippen molar-refractivity contribution in [1.82, 2.24) is 4.98 Å². The second-order valence-corrected chi connectivity index (χ2v) is 10.3. The fourth-order valence-corrected chi connectivity index (χ4v) is 4.89. The number of hydrogen-bond donors (Lipinski definition) is 1. The quantitative estimate of drug-likeness (QED) is 0.224. The third-order valence-corrected chi connectivity index (χ3v) is 7.25. The van der Waals surface area contributed by atoms with Gasteiger partial charge in [0.25, 0.3) is 0 Å². The standard InChI is InChI=1S/C29H24BrN3O3S/c1-18(28(34)32-22-12-10-21(30)11-13-22)37-29-24(17-31)23(16-25(33-29)19-7-5-4-6-8-19)20-9-14-26(35-2)27(15-20)36-3/h4-16,18H,1-3H3,(H,32,34)/t18-/m0/s1. The zero-order valence-corrected chi connectivity index (χ0v) is 22.9. The number of amides is 1. The normalized spacial score (nSPS) is 11.3. The Morgan fingerprint density at radius 2 is 1.68 bits per heavy atom. The van der Waals surface area contributed by atoms with Crippen LogP contribution < -0.4 is 14.8 Å². The van der Waals surface area contributed by atoms with E-state index in [2.05, 4.69) is 27.3 Å². The number of methoxy groups -OCH3 is 2. The largest absolute Gasteiger partial charge is 0.493 e. The molecule has 0 aliphatic rings. The number of pyridine rings is 1. The fraction of sp³-hybridized carbons (Fsp3) is 0.138. The van der Waals surface area contributed by atoms with Crippen LogP contribution in [0.2, 0.25) is 0 Å². The Balaban J connectivity index is 1.76. The molecule has 0 radical (unpaired) electrons. The molecule has 1 amide bonds. The van der Waals surface area contributed by atoms with Gasteiger partial charge < -0.3 is 14.8 Å². The lowest BCUT2D eigenvalue weighted by Gasteiger charge is -2.16. The number of aromatic nitrogens is 1. The van der Waals surface area contributed by atoms with Crippen LogP contribution in [-0.2, 0) is 4.79 Å². The molecule has 8 heteroatoms. The van der Waals surface area contributed by atoms with Gasteiger partial charge in [0.05, 0.1) is 30.7 Å². The third kappa shape index (κ3) is 6.13. The maximum atomic E-state index is 13.0. The van der Waals surface area contributed by atoms with Crippen LogP contribution in [0.25, 0.3) is 22.4 Å². The van der Waals surface area contributed by atoms with Gasteiger partial charge in [0.2, 0.25) is 5.91 Å². The number of nitriles is 1. The molecular weight excluding hydrogens is 550 g/mol. The number of benzene rings is 3. The molecule has 3 aromatic carbocycles. The second-order valence-electron chi connectivity index (χ2n) is 8.04. The molecule has 1 aromatic heterocycles. The predicted octanol–water partition coefficient (Wildman–Crippen LogP) is 7.19. The molecular formula is C29H24BrN3O3S. The Morgan fingerprint density at radius 3 is 2.32 bits per heavy atom. The zero-order valence-electron chi connectivity index (χ0n) is 20.5. The highest BCUT2D eigenvalue weighted by atomic mass is 79.9. The number of nitrogens with zero attached hydrogens (tertiary/aromatic N) is 2. The van der Waals surface area contributed by atoms with Gasteiger partial charge in [0.15, 0.2) is 11.5 Å². The molecule has 1 atom stereocenters. The smallest absolute Gasteiger partial charge is 0.237 e. The summed E-state index contributed by atoms with van der Waals surface area (Å²) in [5.41, 5.74) is 4.16. The molecule has 0 saturated heterocycles. The number of rotatable bonds is 8. The highest BCUT2D eigenvalue weighted by Crippen LogP contribution is 2.39. The Labute approximate surface area is 228 Å². The van der Waals surface area contributed by atoms with E-state index in [4.69, 9.17) is 14.5 Å². The molecule has 0 fully saturated rings. The van der Waals surface area contributed by atoms with Crippen molar-refractivity contribution >= 4 is 39.3 Å². The Hall–Kier alpha value is -3.80.